The van der Waals surface area contributed by atoms with Crippen LogP contribution in [0, 0.1) is 0 Å². The summed E-state index contributed by atoms with van der Waals surface area (Å²) in [5.74, 6) is -0.0292. The molecule has 0 saturated heterocycles. The Morgan fingerprint density at radius 3 is 2.38 bits per heavy atom. The summed E-state index contributed by atoms with van der Waals surface area (Å²) in [4.78, 5) is 12.9. The maximum absolute atomic E-state index is 12.3. The molecular formula is C25H22O3S. The molecule has 0 spiro atoms. The van der Waals surface area contributed by atoms with Crippen molar-refractivity contribution in [2.75, 3.05) is 0 Å². The minimum atomic E-state index is -0.120. The molecule has 146 valence electrons. The molecule has 0 saturated carbocycles. The van der Waals surface area contributed by atoms with Gasteiger partial charge in [0.1, 0.15) is 11.5 Å². The summed E-state index contributed by atoms with van der Waals surface area (Å²) in [6.07, 6.45) is 7.87. The first kappa shape index (κ1) is 20.4. The average molecular weight is 403 g/mol. The Bertz CT molecular complexity index is 1080. The summed E-state index contributed by atoms with van der Waals surface area (Å²) in [6, 6.07) is 12.5. The Morgan fingerprint density at radius 2 is 1.69 bits per heavy atom. The fraction of sp³-hybridized carbons (Fsp3) is 0.0800. The van der Waals surface area contributed by atoms with Crippen molar-refractivity contribution in [3.8, 4) is 22.6 Å². The number of rotatable bonds is 8. The Balaban J connectivity index is 2.08. The quantitative estimate of drug-likeness (QED) is 0.269. The van der Waals surface area contributed by atoms with Gasteiger partial charge < -0.3 is 10.2 Å². The largest absolute Gasteiger partial charge is 0.507 e. The number of hydrogen-bond acceptors (Lipinski definition) is 4. The minimum absolute atomic E-state index is 0.0131. The molecule has 0 aliphatic carbocycles. The lowest BCUT2D eigenvalue weighted by Gasteiger charge is -2.13. The van der Waals surface area contributed by atoms with E-state index in [1.807, 2.05) is 35.7 Å². The van der Waals surface area contributed by atoms with Crippen LogP contribution in [0.5, 0.6) is 11.5 Å². The van der Waals surface area contributed by atoms with Crippen LogP contribution in [-0.2, 0) is 12.8 Å². The smallest absolute Gasteiger partial charge is 0.195 e. The van der Waals surface area contributed by atoms with Crippen molar-refractivity contribution in [2.24, 2.45) is 0 Å². The molecule has 1 aromatic heterocycles. The Hall–Kier alpha value is -3.37. The molecule has 2 N–H and O–H groups in total. The van der Waals surface area contributed by atoms with Gasteiger partial charge in [0.25, 0.3) is 0 Å². The number of ketones is 1. The van der Waals surface area contributed by atoms with Gasteiger partial charge in [-0.25, -0.2) is 0 Å². The van der Waals surface area contributed by atoms with E-state index in [2.05, 4.69) is 13.2 Å². The van der Waals surface area contributed by atoms with Crippen molar-refractivity contribution in [2.45, 2.75) is 12.8 Å². The zero-order chi connectivity index (χ0) is 20.8. The standard InChI is InChI=1S/C25H22O3S/c1-3-6-17-9-11-22(26)20(15-17)21-16-18(7-4-2)14-19(25(21)28)10-12-23(27)24-8-5-13-29-24/h3-5,8-16,26,28H,1-2,6-7H2. The van der Waals surface area contributed by atoms with Gasteiger partial charge in [-0.05, 0) is 71.8 Å². The van der Waals surface area contributed by atoms with Crippen LogP contribution in [0.2, 0.25) is 0 Å². The SMILES string of the molecule is C=CCc1ccc(O)c(-c2cc(CC=C)cc(C=CC(=O)c3cccs3)c2O)c1. The zero-order valence-electron chi connectivity index (χ0n) is 16.0. The lowest BCUT2D eigenvalue weighted by atomic mass is 9.94. The molecule has 3 aromatic rings. The van der Waals surface area contributed by atoms with E-state index < -0.39 is 0 Å². The summed E-state index contributed by atoms with van der Waals surface area (Å²) in [6.45, 7) is 7.53. The molecule has 4 heteroatoms. The van der Waals surface area contributed by atoms with Crippen molar-refractivity contribution in [1.82, 2.24) is 0 Å². The number of carbonyl (C=O) groups excluding carboxylic acids is 1. The van der Waals surface area contributed by atoms with Crippen LogP contribution in [0.25, 0.3) is 17.2 Å². The molecule has 0 bridgehead atoms. The van der Waals surface area contributed by atoms with Crippen LogP contribution in [0.4, 0.5) is 0 Å². The molecule has 0 amide bonds. The Kier molecular flexibility index (Phi) is 6.47. The summed E-state index contributed by atoms with van der Waals surface area (Å²) in [5, 5.41) is 23.2. The minimum Gasteiger partial charge on any atom is -0.507 e. The number of aromatic hydroxyl groups is 2. The maximum Gasteiger partial charge on any atom is 0.195 e. The lowest BCUT2D eigenvalue weighted by molar-refractivity contribution is 0.105. The van der Waals surface area contributed by atoms with E-state index in [0.29, 0.717) is 34.4 Å². The van der Waals surface area contributed by atoms with E-state index >= 15 is 0 Å². The monoisotopic (exact) mass is 402 g/mol. The van der Waals surface area contributed by atoms with Crippen LogP contribution < -0.4 is 0 Å². The molecule has 0 atom stereocenters. The predicted molar refractivity (Wildman–Crippen MR) is 121 cm³/mol. The molecular weight excluding hydrogens is 380 g/mol. The van der Waals surface area contributed by atoms with Crippen molar-refractivity contribution in [3.05, 3.63) is 101 Å². The molecule has 0 radical (unpaired) electrons. The lowest BCUT2D eigenvalue weighted by Crippen LogP contribution is -1.92. The van der Waals surface area contributed by atoms with Crippen LogP contribution in [0.1, 0.15) is 26.4 Å². The number of carbonyl (C=O) groups is 1. The predicted octanol–water partition coefficient (Wildman–Crippen LogP) is 6.18. The second kappa shape index (κ2) is 9.22. The Labute approximate surface area is 174 Å². The van der Waals surface area contributed by atoms with Crippen molar-refractivity contribution < 1.29 is 15.0 Å². The third kappa shape index (κ3) is 4.73. The molecule has 1 heterocycles. The van der Waals surface area contributed by atoms with Gasteiger partial charge in [-0.1, -0.05) is 24.3 Å². The topological polar surface area (TPSA) is 57.5 Å². The van der Waals surface area contributed by atoms with Gasteiger partial charge in [-0.2, -0.15) is 0 Å². The third-order valence-corrected chi connectivity index (χ3v) is 5.37. The van der Waals surface area contributed by atoms with Gasteiger partial charge in [0.05, 0.1) is 4.88 Å². The molecule has 0 aliphatic heterocycles. The number of phenolic OH excluding ortho intramolecular Hbond substituents is 2. The van der Waals surface area contributed by atoms with Gasteiger partial charge >= 0.3 is 0 Å². The van der Waals surface area contributed by atoms with E-state index in [9.17, 15) is 15.0 Å². The van der Waals surface area contributed by atoms with Gasteiger partial charge in [0.15, 0.2) is 5.78 Å². The highest BCUT2D eigenvalue weighted by Gasteiger charge is 2.14. The number of thiophene rings is 1. The highest BCUT2D eigenvalue weighted by molar-refractivity contribution is 7.12. The van der Waals surface area contributed by atoms with E-state index in [1.165, 1.54) is 17.4 Å². The van der Waals surface area contributed by atoms with Crippen molar-refractivity contribution in [1.29, 1.82) is 0 Å². The van der Waals surface area contributed by atoms with Crippen LogP contribution in [-0.4, -0.2) is 16.0 Å². The first-order valence-corrected chi connectivity index (χ1v) is 10.1. The number of hydrogen-bond donors (Lipinski definition) is 2. The number of phenols is 2. The number of benzene rings is 2. The summed E-state index contributed by atoms with van der Waals surface area (Å²) in [7, 11) is 0. The van der Waals surface area contributed by atoms with Gasteiger partial charge in [-0.15, -0.1) is 24.5 Å². The molecule has 0 unspecified atom stereocenters. The molecule has 2 aromatic carbocycles. The van der Waals surface area contributed by atoms with Crippen LogP contribution in [0.3, 0.4) is 0 Å². The van der Waals surface area contributed by atoms with E-state index in [-0.39, 0.29) is 17.3 Å². The highest BCUT2D eigenvalue weighted by Crippen LogP contribution is 2.39. The third-order valence-electron chi connectivity index (χ3n) is 4.49. The maximum atomic E-state index is 12.3. The fourth-order valence-corrected chi connectivity index (χ4v) is 3.74. The van der Waals surface area contributed by atoms with E-state index in [4.69, 9.17) is 0 Å². The van der Waals surface area contributed by atoms with E-state index in [1.54, 1.807) is 30.4 Å². The van der Waals surface area contributed by atoms with Gasteiger partial charge in [-0.3, -0.25) is 4.79 Å². The molecule has 0 aliphatic rings. The first-order chi connectivity index (χ1) is 14.0. The average Bonchev–Trinajstić information content (AvgIpc) is 3.25. The molecule has 3 rings (SSSR count). The summed E-state index contributed by atoms with van der Waals surface area (Å²) < 4.78 is 0. The Morgan fingerprint density at radius 1 is 0.966 bits per heavy atom. The zero-order valence-corrected chi connectivity index (χ0v) is 16.8. The van der Waals surface area contributed by atoms with Crippen LogP contribution >= 0.6 is 11.3 Å². The summed E-state index contributed by atoms with van der Waals surface area (Å²) >= 11 is 1.37. The number of allylic oxidation sites excluding steroid dienone is 3. The van der Waals surface area contributed by atoms with E-state index in [0.717, 1.165) is 11.1 Å². The summed E-state index contributed by atoms with van der Waals surface area (Å²) in [5.41, 5.74) is 3.46. The second-order valence-corrected chi connectivity index (χ2v) is 7.54. The first-order valence-electron chi connectivity index (χ1n) is 9.19. The van der Waals surface area contributed by atoms with Gasteiger partial charge in [0.2, 0.25) is 0 Å². The van der Waals surface area contributed by atoms with Crippen molar-refractivity contribution in [3.63, 3.8) is 0 Å². The second-order valence-electron chi connectivity index (χ2n) is 6.59. The molecule has 0 fully saturated rings. The normalized spacial score (nSPS) is 10.9. The molecule has 29 heavy (non-hydrogen) atoms. The van der Waals surface area contributed by atoms with Crippen molar-refractivity contribution >= 4 is 23.2 Å². The molecule has 3 nitrogen and oxygen atoms in total. The van der Waals surface area contributed by atoms with Gasteiger partial charge in [0, 0.05) is 16.7 Å². The highest BCUT2D eigenvalue weighted by atomic mass is 32.1. The fourth-order valence-electron chi connectivity index (χ4n) is 3.09. The van der Waals surface area contributed by atoms with Crippen LogP contribution in [0.15, 0.2) is 79.2 Å².